The standard InChI is InChI=1S/C25H36N2O2/c1-6-7-8-9-13-19-17-28-22-15-21-23(16-20(22)26(19)4)29-25(3)18(2)12-10-11-14-24(25)27(21)5/h10-12,14-16,18-19,24H,6-9,13,17H2,1-5H3. The topological polar surface area (TPSA) is 24.9 Å². The zero-order valence-electron chi connectivity index (χ0n) is 18.6. The van der Waals surface area contributed by atoms with Gasteiger partial charge in [-0.25, -0.2) is 0 Å². The van der Waals surface area contributed by atoms with E-state index in [1.165, 1.54) is 32.1 Å². The average molecular weight is 397 g/mol. The largest absolute Gasteiger partial charge is 0.489 e. The Bertz CT molecular complexity index is 802. The van der Waals surface area contributed by atoms with Crippen LogP contribution in [0.5, 0.6) is 11.5 Å². The molecule has 0 saturated heterocycles. The molecule has 0 N–H and O–H groups in total. The summed E-state index contributed by atoms with van der Waals surface area (Å²) in [7, 11) is 4.37. The van der Waals surface area contributed by atoms with Crippen molar-refractivity contribution in [1.29, 1.82) is 0 Å². The molecule has 0 radical (unpaired) electrons. The van der Waals surface area contributed by atoms with E-state index in [2.05, 4.69) is 81.1 Å². The van der Waals surface area contributed by atoms with Crippen molar-refractivity contribution < 1.29 is 9.47 Å². The van der Waals surface area contributed by atoms with Gasteiger partial charge < -0.3 is 19.3 Å². The summed E-state index contributed by atoms with van der Waals surface area (Å²) >= 11 is 0. The molecule has 0 amide bonds. The zero-order valence-corrected chi connectivity index (χ0v) is 18.6. The molecule has 4 nitrogen and oxygen atoms in total. The Morgan fingerprint density at radius 2 is 1.72 bits per heavy atom. The summed E-state index contributed by atoms with van der Waals surface area (Å²) in [6.45, 7) is 7.51. The summed E-state index contributed by atoms with van der Waals surface area (Å²) < 4.78 is 13.0. The molecule has 1 aromatic rings. The number of anilines is 2. The predicted octanol–water partition coefficient (Wildman–Crippen LogP) is 5.57. The van der Waals surface area contributed by atoms with Crippen molar-refractivity contribution in [3.05, 3.63) is 36.4 Å². The molecule has 0 spiro atoms. The number of allylic oxidation sites excluding steroid dienone is 2. The molecule has 158 valence electrons. The van der Waals surface area contributed by atoms with Crippen molar-refractivity contribution in [2.45, 2.75) is 70.6 Å². The Morgan fingerprint density at radius 1 is 1.00 bits per heavy atom. The van der Waals surface area contributed by atoms with Crippen LogP contribution in [-0.4, -0.2) is 38.4 Å². The van der Waals surface area contributed by atoms with Crippen molar-refractivity contribution in [3.8, 4) is 11.5 Å². The van der Waals surface area contributed by atoms with Crippen LogP contribution in [0.2, 0.25) is 0 Å². The minimum atomic E-state index is -0.298. The van der Waals surface area contributed by atoms with Gasteiger partial charge >= 0.3 is 0 Å². The van der Waals surface area contributed by atoms with Crippen LogP contribution in [0, 0.1) is 5.92 Å². The Labute approximate surface area is 176 Å². The highest BCUT2D eigenvalue weighted by molar-refractivity contribution is 5.75. The summed E-state index contributed by atoms with van der Waals surface area (Å²) in [5.41, 5.74) is 1.96. The minimum absolute atomic E-state index is 0.186. The fourth-order valence-electron chi connectivity index (χ4n) is 4.97. The Morgan fingerprint density at radius 3 is 2.52 bits per heavy atom. The molecule has 4 atom stereocenters. The summed E-state index contributed by atoms with van der Waals surface area (Å²) in [6, 6.07) is 4.99. The maximum absolute atomic E-state index is 6.72. The quantitative estimate of drug-likeness (QED) is 0.607. The normalized spacial score (nSPS) is 30.0. The molecule has 4 heteroatoms. The lowest BCUT2D eigenvalue weighted by Gasteiger charge is -2.49. The van der Waals surface area contributed by atoms with Gasteiger partial charge in [0.25, 0.3) is 0 Å². The lowest BCUT2D eigenvalue weighted by atomic mass is 9.82. The number of nitrogens with zero attached hydrogens (tertiary/aromatic N) is 2. The van der Waals surface area contributed by atoms with Crippen LogP contribution in [-0.2, 0) is 0 Å². The molecule has 3 aliphatic rings. The maximum atomic E-state index is 6.72. The van der Waals surface area contributed by atoms with Gasteiger partial charge in [0.1, 0.15) is 23.7 Å². The lowest BCUT2D eigenvalue weighted by molar-refractivity contribution is 0.0292. The predicted molar refractivity (Wildman–Crippen MR) is 122 cm³/mol. The van der Waals surface area contributed by atoms with E-state index in [4.69, 9.17) is 9.47 Å². The van der Waals surface area contributed by atoms with Crippen molar-refractivity contribution >= 4 is 11.4 Å². The second kappa shape index (κ2) is 7.97. The van der Waals surface area contributed by atoms with E-state index >= 15 is 0 Å². The molecule has 0 saturated carbocycles. The third-order valence-electron chi connectivity index (χ3n) is 7.21. The van der Waals surface area contributed by atoms with E-state index in [1.807, 2.05) is 0 Å². The first-order valence-corrected chi connectivity index (χ1v) is 11.3. The van der Waals surface area contributed by atoms with Crippen LogP contribution < -0.4 is 19.3 Å². The van der Waals surface area contributed by atoms with Crippen LogP contribution in [0.4, 0.5) is 11.4 Å². The Balaban J connectivity index is 1.62. The number of hydrogen-bond acceptors (Lipinski definition) is 4. The second-order valence-corrected chi connectivity index (χ2v) is 9.11. The second-order valence-electron chi connectivity index (χ2n) is 9.11. The minimum Gasteiger partial charge on any atom is -0.489 e. The van der Waals surface area contributed by atoms with E-state index < -0.39 is 0 Å². The van der Waals surface area contributed by atoms with Gasteiger partial charge in [0, 0.05) is 32.1 Å². The van der Waals surface area contributed by atoms with Crippen LogP contribution in [0.25, 0.3) is 0 Å². The van der Waals surface area contributed by atoms with Crippen LogP contribution in [0.1, 0.15) is 52.9 Å². The fraction of sp³-hybridized carbons (Fsp3) is 0.600. The third-order valence-corrected chi connectivity index (χ3v) is 7.21. The van der Waals surface area contributed by atoms with Crippen LogP contribution in [0.15, 0.2) is 36.4 Å². The number of hydrogen-bond donors (Lipinski definition) is 0. The number of fused-ring (bicyclic) bond motifs is 3. The van der Waals surface area contributed by atoms with Gasteiger partial charge in [-0.2, -0.15) is 0 Å². The Kier molecular flexibility index (Phi) is 5.54. The average Bonchev–Trinajstić information content (AvgIpc) is 2.85. The van der Waals surface area contributed by atoms with E-state index in [0.29, 0.717) is 12.0 Å². The molecule has 2 heterocycles. The van der Waals surface area contributed by atoms with Crippen LogP contribution in [0.3, 0.4) is 0 Å². The monoisotopic (exact) mass is 396 g/mol. The van der Waals surface area contributed by atoms with Gasteiger partial charge in [0.05, 0.1) is 23.5 Å². The van der Waals surface area contributed by atoms with Gasteiger partial charge in [0.2, 0.25) is 0 Å². The summed E-state index contributed by atoms with van der Waals surface area (Å²) in [4.78, 5) is 4.75. The van der Waals surface area contributed by atoms with Crippen molar-refractivity contribution in [3.63, 3.8) is 0 Å². The van der Waals surface area contributed by atoms with E-state index in [1.54, 1.807) is 0 Å². The third kappa shape index (κ3) is 3.51. The first-order chi connectivity index (χ1) is 14.0. The van der Waals surface area contributed by atoms with Crippen molar-refractivity contribution in [2.24, 2.45) is 5.92 Å². The van der Waals surface area contributed by atoms with Gasteiger partial charge in [-0.15, -0.1) is 0 Å². The number of benzene rings is 1. The lowest BCUT2D eigenvalue weighted by Crippen LogP contribution is -2.58. The molecular formula is C25H36N2O2. The molecular weight excluding hydrogens is 360 g/mol. The molecule has 0 fully saturated rings. The molecule has 4 rings (SSSR count). The highest BCUT2D eigenvalue weighted by Gasteiger charge is 2.47. The molecule has 0 aromatic heterocycles. The Hall–Kier alpha value is -2.10. The molecule has 0 bridgehead atoms. The molecule has 29 heavy (non-hydrogen) atoms. The summed E-state index contributed by atoms with van der Waals surface area (Å²) in [5, 5.41) is 0. The molecule has 1 aliphatic carbocycles. The van der Waals surface area contributed by atoms with Crippen molar-refractivity contribution in [1.82, 2.24) is 0 Å². The smallest absolute Gasteiger partial charge is 0.145 e. The first-order valence-electron chi connectivity index (χ1n) is 11.3. The summed E-state index contributed by atoms with van der Waals surface area (Å²) in [5.74, 6) is 2.25. The molecule has 2 aliphatic heterocycles. The number of ether oxygens (including phenoxy) is 2. The van der Waals surface area contributed by atoms with E-state index in [0.717, 1.165) is 29.5 Å². The first kappa shape index (κ1) is 20.2. The number of rotatable bonds is 5. The van der Waals surface area contributed by atoms with Crippen LogP contribution >= 0.6 is 0 Å². The van der Waals surface area contributed by atoms with Crippen molar-refractivity contribution in [2.75, 3.05) is 30.5 Å². The molecule has 4 unspecified atom stereocenters. The highest BCUT2D eigenvalue weighted by atomic mass is 16.5. The van der Waals surface area contributed by atoms with Gasteiger partial charge in [0.15, 0.2) is 0 Å². The van der Waals surface area contributed by atoms with E-state index in [9.17, 15) is 0 Å². The molecule has 1 aromatic carbocycles. The van der Waals surface area contributed by atoms with Gasteiger partial charge in [-0.1, -0.05) is 63.8 Å². The number of unbranched alkanes of at least 4 members (excludes halogenated alkanes) is 3. The fourth-order valence-corrected chi connectivity index (χ4v) is 4.97. The SMILES string of the molecule is CCCCCCC1COc2cc3c(cc2N1C)OC1(C)C(C)C=CC=CC1N3C. The van der Waals surface area contributed by atoms with E-state index in [-0.39, 0.29) is 11.6 Å². The summed E-state index contributed by atoms with van der Waals surface area (Å²) in [6.07, 6.45) is 15.1. The highest BCUT2D eigenvalue weighted by Crippen LogP contribution is 2.49. The number of likely N-dealkylation sites (N-methyl/N-ethyl adjacent to an activating group) is 2. The maximum Gasteiger partial charge on any atom is 0.145 e. The van der Waals surface area contributed by atoms with Gasteiger partial charge in [-0.3, -0.25) is 0 Å². The van der Waals surface area contributed by atoms with Gasteiger partial charge in [-0.05, 0) is 13.3 Å². The zero-order chi connectivity index (χ0) is 20.6.